The highest BCUT2D eigenvalue weighted by Gasteiger charge is 2.22. The third-order valence-corrected chi connectivity index (χ3v) is 5.88. The summed E-state index contributed by atoms with van der Waals surface area (Å²) in [7, 11) is 1.68. The van der Waals surface area contributed by atoms with Crippen LogP contribution in [-0.4, -0.2) is 20.5 Å². The van der Waals surface area contributed by atoms with Gasteiger partial charge in [0.25, 0.3) is 0 Å². The Bertz CT molecular complexity index is 993. The van der Waals surface area contributed by atoms with E-state index >= 15 is 0 Å². The van der Waals surface area contributed by atoms with Gasteiger partial charge in [-0.25, -0.2) is 4.98 Å². The van der Waals surface area contributed by atoms with Gasteiger partial charge in [-0.2, -0.15) is 0 Å². The Kier molecular flexibility index (Phi) is 5.68. The van der Waals surface area contributed by atoms with Crippen LogP contribution < -0.4 is 5.56 Å². The average Bonchev–Trinajstić information content (AvgIpc) is 3.05. The van der Waals surface area contributed by atoms with Gasteiger partial charge in [-0.1, -0.05) is 33.2 Å². The Morgan fingerprint density at radius 3 is 2.62 bits per heavy atom. The average molecular weight is 432 g/mol. The number of aryl methyl sites for hydroxylation is 2. The van der Waals surface area contributed by atoms with Crippen LogP contribution in [-0.2, 0) is 7.05 Å². The Morgan fingerprint density at radius 2 is 2.04 bits per heavy atom. The summed E-state index contributed by atoms with van der Waals surface area (Å²) in [4.78, 5) is 17.1. The van der Waals surface area contributed by atoms with Crippen LogP contribution in [0.1, 0.15) is 34.0 Å². The lowest BCUT2D eigenvalue weighted by Crippen LogP contribution is -2.18. The second-order valence-corrected chi connectivity index (χ2v) is 7.83. The quantitative estimate of drug-likeness (QED) is 0.371. The fraction of sp³-hybridized carbons (Fsp3) is 0.211. The highest BCUT2D eigenvalue weighted by Crippen LogP contribution is 2.34. The van der Waals surface area contributed by atoms with Crippen LogP contribution in [0.4, 0.5) is 0 Å². The first-order chi connectivity index (χ1) is 12.5. The monoisotopic (exact) mass is 431 g/mol. The highest BCUT2D eigenvalue weighted by molar-refractivity contribution is 9.10. The summed E-state index contributed by atoms with van der Waals surface area (Å²) in [5.41, 5.74) is 5.07. The van der Waals surface area contributed by atoms with E-state index in [-0.39, 0.29) is 11.5 Å². The van der Waals surface area contributed by atoms with Crippen LogP contribution in [0.25, 0.3) is 0 Å². The number of oxime groups is 1. The molecule has 0 fully saturated rings. The first-order valence-electron chi connectivity index (χ1n) is 8.03. The third kappa shape index (κ3) is 3.94. The molecule has 0 saturated carbocycles. The first kappa shape index (κ1) is 18.5. The molecule has 1 atom stereocenters. The molecule has 0 bridgehead atoms. The number of nitrogens with zero attached hydrogens (tertiary/aromatic N) is 3. The van der Waals surface area contributed by atoms with E-state index in [9.17, 15) is 10.0 Å². The van der Waals surface area contributed by atoms with Crippen molar-refractivity contribution in [1.29, 1.82) is 0 Å². The lowest BCUT2D eigenvalue weighted by atomic mass is 9.89. The molecule has 2 aromatic heterocycles. The zero-order chi connectivity index (χ0) is 18.7. The lowest BCUT2D eigenvalue weighted by Gasteiger charge is -2.18. The van der Waals surface area contributed by atoms with E-state index in [2.05, 4.69) is 38.2 Å². The maximum Gasteiger partial charge on any atom is 0.250 e. The third-order valence-electron chi connectivity index (χ3n) is 4.31. The normalized spacial score (nSPS) is 13.0. The molecule has 1 N–H and O–H groups in total. The predicted molar refractivity (Wildman–Crippen MR) is 107 cm³/mol. The largest absolute Gasteiger partial charge is 0.411 e. The number of rotatable bonds is 5. The van der Waals surface area contributed by atoms with Crippen molar-refractivity contribution in [3.63, 3.8) is 0 Å². The first-order valence-corrected chi connectivity index (χ1v) is 9.70. The fourth-order valence-electron chi connectivity index (χ4n) is 2.88. The molecule has 5 nitrogen and oxygen atoms in total. The van der Waals surface area contributed by atoms with Gasteiger partial charge in [-0.15, -0.1) is 11.3 Å². The van der Waals surface area contributed by atoms with Gasteiger partial charge in [-0.3, -0.25) is 4.79 Å². The van der Waals surface area contributed by atoms with Gasteiger partial charge in [0.1, 0.15) is 0 Å². The van der Waals surface area contributed by atoms with E-state index in [0.717, 1.165) is 26.2 Å². The molecule has 0 aliphatic rings. The Morgan fingerprint density at radius 1 is 1.31 bits per heavy atom. The van der Waals surface area contributed by atoms with Crippen molar-refractivity contribution in [3.05, 3.63) is 84.6 Å². The van der Waals surface area contributed by atoms with Crippen molar-refractivity contribution >= 4 is 33.0 Å². The van der Waals surface area contributed by atoms with Crippen molar-refractivity contribution in [2.45, 2.75) is 19.3 Å². The summed E-state index contributed by atoms with van der Waals surface area (Å²) in [6.07, 6.45) is 2.19. The van der Waals surface area contributed by atoms with E-state index < -0.39 is 0 Å². The van der Waals surface area contributed by atoms with E-state index in [1.807, 2.05) is 24.6 Å². The second kappa shape index (κ2) is 7.97. The molecule has 1 aromatic carbocycles. The summed E-state index contributed by atoms with van der Waals surface area (Å²) in [5.74, 6) is 0.0127. The Balaban J connectivity index is 2.01. The minimum Gasteiger partial charge on any atom is -0.411 e. The molecule has 0 aliphatic carbocycles. The van der Waals surface area contributed by atoms with Gasteiger partial charge < -0.3 is 9.77 Å². The fourth-order valence-corrected chi connectivity index (χ4v) is 4.07. The molecule has 26 heavy (non-hydrogen) atoms. The number of halogens is 1. The van der Waals surface area contributed by atoms with Crippen LogP contribution in [0.3, 0.4) is 0 Å². The minimum atomic E-state index is -0.103. The molecule has 0 radical (unpaired) electrons. The van der Waals surface area contributed by atoms with Crippen molar-refractivity contribution in [1.82, 2.24) is 9.55 Å². The molecule has 0 saturated heterocycles. The van der Waals surface area contributed by atoms with Crippen molar-refractivity contribution in [2.24, 2.45) is 12.2 Å². The van der Waals surface area contributed by atoms with E-state index in [4.69, 9.17) is 0 Å². The molecule has 1 unspecified atom stereocenters. The summed E-state index contributed by atoms with van der Waals surface area (Å²) in [6, 6.07) is 11.3. The van der Waals surface area contributed by atoms with Crippen LogP contribution >= 0.6 is 27.3 Å². The predicted octanol–water partition coefficient (Wildman–Crippen LogP) is 4.31. The molecule has 7 heteroatoms. The van der Waals surface area contributed by atoms with Crippen molar-refractivity contribution in [2.75, 3.05) is 0 Å². The number of hydrogen-bond acceptors (Lipinski definition) is 5. The Labute approximate surface area is 163 Å². The van der Waals surface area contributed by atoms with Gasteiger partial charge in [0, 0.05) is 46.6 Å². The van der Waals surface area contributed by atoms with Crippen LogP contribution in [0, 0.1) is 6.92 Å². The zero-order valence-corrected chi connectivity index (χ0v) is 16.8. The summed E-state index contributed by atoms with van der Waals surface area (Å²) in [5, 5.41) is 13.2. The zero-order valence-electron chi connectivity index (χ0n) is 14.4. The molecular weight excluding hydrogens is 414 g/mol. The molecular formula is C19H18BrN3O2S. The van der Waals surface area contributed by atoms with Crippen molar-refractivity contribution in [3.8, 4) is 0 Å². The molecule has 0 amide bonds. The SMILES string of the molecule is Cc1ncsc1C(C/C(=N\O)c1ccc(=O)n(C)c1)c1ccc(Br)cc1. The van der Waals surface area contributed by atoms with Gasteiger partial charge in [0.2, 0.25) is 5.56 Å². The molecule has 3 aromatic rings. The Hall–Kier alpha value is -2.25. The number of benzene rings is 1. The standard InChI is InChI=1S/C19H18BrN3O2S/c1-12-19(26-11-21-12)16(13-3-6-15(20)7-4-13)9-17(22-25)14-5-8-18(24)23(2)10-14/h3-8,10-11,16,25H,9H2,1-2H3/b22-17+. The smallest absolute Gasteiger partial charge is 0.250 e. The second-order valence-electron chi connectivity index (χ2n) is 6.02. The maximum atomic E-state index is 11.6. The van der Waals surface area contributed by atoms with Gasteiger partial charge >= 0.3 is 0 Å². The highest BCUT2D eigenvalue weighted by atomic mass is 79.9. The van der Waals surface area contributed by atoms with Crippen LogP contribution in [0.2, 0.25) is 0 Å². The van der Waals surface area contributed by atoms with Crippen LogP contribution in [0.5, 0.6) is 0 Å². The summed E-state index contributed by atoms with van der Waals surface area (Å²) >= 11 is 5.06. The number of pyridine rings is 1. The van der Waals surface area contributed by atoms with Gasteiger partial charge in [-0.05, 0) is 30.7 Å². The minimum absolute atomic E-state index is 0.0127. The van der Waals surface area contributed by atoms with E-state index in [1.165, 1.54) is 10.6 Å². The summed E-state index contributed by atoms with van der Waals surface area (Å²) in [6.45, 7) is 1.99. The molecule has 2 heterocycles. The number of hydrogen-bond donors (Lipinski definition) is 1. The molecule has 134 valence electrons. The van der Waals surface area contributed by atoms with E-state index in [1.54, 1.807) is 30.6 Å². The maximum absolute atomic E-state index is 11.6. The van der Waals surface area contributed by atoms with Crippen LogP contribution in [0.15, 0.2) is 62.5 Å². The van der Waals surface area contributed by atoms with Gasteiger partial charge in [0.05, 0.1) is 16.9 Å². The van der Waals surface area contributed by atoms with Crippen molar-refractivity contribution < 1.29 is 5.21 Å². The number of thiazole rings is 1. The molecule has 0 spiro atoms. The topological polar surface area (TPSA) is 67.5 Å². The molecule has 0 aliphatic heterocycles. The lowest BCUT2D eigenvalue weighted by molar-refractivity contribution is 0.317. The van der Waals surface area contributed by atoms with Gasteiger partial charge in [0.15, 0.2) is 0 Å². The number of aromatic nitrogens is 2. The molecule has 3 rings (SSSR count). The summed E-state index contributed by atoms with van der Waals surface area (Å²) < 4.78 is 2.49. The van der Waals surface area contributed by atoms with E-state index in [0.29, 0.717) is 12.1 Å².